The minimum Gasteiger partial charge on any atom is -0.493 e. The maximum Gasteiger partial charge on any atom is 0.262 e. The zero-order valence-electron chi connectivity index (χ0n) is 19.7. The van der Waals surface area contributed by atoms with Gasteiger partial charge in [-0.3, -0.25) is 19.3 Å². The van der Waals surface area contributed by atoms with Gasteiger partial charge in [0.25, 0.3) is 5.91 Å². The van der Waals surface area contributed by atoms with Crippen molar-refractivity contribution < 1.29 is 23.9 Å². The number of amides is 2. The number of hydrogen-bond donors (Lipinski definition) is 1. The van der Waals surface area contributed by atoms with E-state index in [2.05, 4.69) is 5.32 Å². The van der Waals surface area contributed by atoms with Gasteiger partial charge in [-0.15, -0.1) is 11.8 Å². The van der Waals surface area contributed by atoms with Crippen molar-refractivity contribution in [3.63, 3.8) is 0 Å². The fourth-order valence-electron chi connectivity index (χ4n) is 3.74. The fraction of sp³-hybridized carbons (Fsp3) is 0.222. The van der Waals surface area contributed by atoms with E-state index in [1.54, 1.807) is 47.0 Å². The SMILES string of the molecule is COc1cc(C2SCC(=O)N2c2ccc(C)cc2)ccc1OCC(=O)Nc1ccc(C(C)=O)cc1. The van der Waals surface area contributed by atoms with Crippen LogP contribution in [0.2, 0.25) is 0 Å². The Kier molecular flexibility index (Phi) is 7.41. The molecule has 1 fully saturated rings. The van der Waals surface area contributed by atoms with Crippen LogP contribution in [0, 0.1) is 6.92 Å². The number of nitrogens with zero attached hydrogens (tertiary/aromatic N) is 1. The van der Waals surface area contributed by atoms with Gasteiger partial charge in [-0.1, -0.05) is 23.8 Å². The van der Waals surface area contributed by atoms with Gasteiger partial charge in [-0.2, -0.15) is 0 Å². The summed E-state index contributed by atoms with van der Waals surface area (Å²) >= 11 is 1.55. The largest absolute Gasteiger partial charge is 0.493 e. The first kappa shape index (κ1) is 24.3. The van der Waals surface area contributed by atoms with Gasteiger partial charge in [-0.05, 0) is 67.9 Å². The Morgan fingerprint density at radius 1 is 1.03 bits per heavy atom. The van der Waals surface area contributed by atoms with E-state index < -0.39 is 0 Å². The summed E-state index contributed by atoms with van der Waals surface area (Å²) in [5.74, 6) is 0.973. The lowest BCUT2D eigenvalue weighted by Gasteiger charge is -2.25. The van der Waals surface area contributed by atoms with Crippen molar-refractivity contribution in [1.82, 2.24) is 0 Å². The third kappa shape index (κ3) is 5.66. The molecule has 1 heterocycles. The highest BCUT2D eigenvalue weighted by atomic mass is 32.2. The highest BCUT2D eigenvalue weighted by Crippen LogP contribution is 2.43. The van der Waals surface area contributed by atoms with Crippen molar-refractivity contribution in [3.8, 4) is 11.5 Å². The summed E-state index contributed by atoms with van der Waals surface area (Å²) in [4.78, 5) is 38.2. The van der Waals surface area contributed by atoms with Crippen LogP contribution in [-0.2, 0) is 9.59 Å². The van der Waals surface area contributed by atoms with Gasteiger partial charge in [-0.25, -0.2) is 0 Å². The number of nitrogens with one attached hydrogen (secondary N) is 1. The van der Waals surface area contributed by atoms with Crippen LogP contribution in [0.25, 0.3) is 0 Å². The number of ketones is 1. The van der Waals surface area contributed by atoms with E-state index in [1.165, 1.54) is 14.0 Å². The van der Waals surface area contributed by atoms with E-state index in [-0.39, 0.29) is 29.6 Å². The molecule has 4 rings (SSSR count). The molecule has 1 unspecified atom stereocenters. The first-order valence-electron chi connectivity index (χ1n) is 11.1. The zero-order chi connectivity index (χ0) is 24.9. The molecule has 180 valence electrons. The number of aryl methyl sites for hydroxylation is 1. The molecular weight excluding hydrogens is 464 g/mol. The van der Waals surface area contributed by atoms with Crippen molar-refractivity contribution >= 4 is 40.7 Å². The van der Waals surface area contributed by atoms with Gasteiger partial charge in [0, 0.05) is 16.9 Å². The predicted octanol–water partition coefficient (Wildman–Crippen LogP) is 5.00. The first-order valence-corrected chi connectivity index (χ1v) is 12.1. The zero-order valence-corrected chi connectivity index (χ0v) is 20.6. The second-order valence-corrected chi connectivity index (χ2v) is 9.21. The maximum atomic E-state index is 12.6. The average molecular weight is 491 g/mol. The van der Waals surface area contributed by atoms with Crippen LogP contribution in [-0.4, -0.2) is 37.1 Å². The topological polar surface area (TPSA) is 84.9 Å². The van der Waals surface area contributed by atoms with Gasteiger partial charge in [0.15, 0.2) is 23.9 Å². The molecule has 35 heavy (non-hydrogen) atoms. The molecule has 0 aliphatic carbocycles. The molecule has 1 saturated heterocycles. The lowest BCUT2D eigenvalue weighted by atomic mass is 10.1. The lowest BCUT2D eigenvalue weighted by Crippen LogP contribution is -2.27. The molecule has 3 aromatic carbocycles. The quantitative estimate of drug-likeness (QED) is 0.447. The first-order chi connectivity index (χ1) is 16.9. The second-order valence-electron chi connectivity index (χ2n) is 8.14. The molecule has 1 aliphatic heterocycles. The molecule has 7 nitrogen and oxygen atoms in total. The Balaban J connectivity index is 1.44. The number of methoxy groups -OCH3 is 1. The Labute approximate surface area is 208 Å². The Morgan fingerprint density at radius 2 is 1.74 bits per heavy atom. The smallest absolute Gasteiger partial charge is 0.262 e. The second kappa shape index (κ2) is 10.7. The molecule has 1 atom stereocenters. The standard InChI is InChI=1S/C27H26N2O5S/c1-17-4-11-22(12-5-17)29-26(32)16-35-27(29)20-8-13-23(24(14-20)33-3)34-15-25(31)28-21-9-6-19(7-10-21)18(2)30/h4-14,27H,15-16H2,1-3H3,(H,28,31). The van der Waals surface area contributed by atoms with Crippen LogP contribution in [0.5, 0.6) is 11.5 Å². The van der Waals surface area contributed by atoms with Crippen molar-refractivity contribution in [1.29, 1.82) is 0 Å². The third-order valence-corrected chi connectivity index (χ3v) is 6.80. The van der Waals surface area contributed by atoms with Crippen LogP contribution in [0.3, 0.4) is 0 Å². The van der Waals surface area contributed by atoms with E-state index >= 15 is 0 Å². The predicted molar refractivity (Wildman–Crippen MR) is 137 cm³/mol. The van der Waals surface area contributed by atoms with Gasteiger partial charge < -0.3 is 14.8 Å². The molecule has 1 aliphatic rings. The van der Waals surface area contributed by atoms with E-state index in [0.29, 0.717) is 28.5 Å². The van der Waals surface area contributed by atoms with Crippen LogP contribution in [0.1, 0.15) is 33.8 Å². The summed E-state index contributed by atoms with van der Waals surface area (Å²) in [6, 6.07) is 20.0. The minimum atomic E-state index is -0.339. The monoisotopic (exact) mass is 490 g/mol. The number of benzene rings is 3. The van der Waals surface area contributed by atoms with Gasteiger partial charge in [0.2, 0.25) is 5.91 Å². The number of ether oxygens (including phenoxy) is 2. The van der Waals surface area contributed by atoms with Crippen LogP contribution in [0.4, 0.5) is 11.4 Å². The lowest BCUT2D eigenvalue weighted by molar-refractivity contribution is -0.118. The van der Waals surface area contributed by atoms with Crippen molar-refractivity contribution in [2.24, 2.45) is 0 Å². The average Bonchev–Trinajstić information content (AvgIpc) is 3.24. The summed E-state index contributed by atoms with van der Waals surface area (Å²) in [7, 11) is 1.54. The van der Waals surface area contributed by atoms with Crippen molar-refractivity contribution in [3.05, 3.63) is 83.4 Å². The summed E-state index contributed by atoms with van der Waals surface area (Å²) in [6.07, 6.45) is 0. The highest BCUT2D eigenvalue weighted by molar-refractivity contribution is 8.00. The van der Waals surface area contributed by atoms with Crippen LogP contribution in [0.15, 0.2) is 66.7 Å². The summed E-state index contributed by atoms with van der Waals surface area (Å²) < 4.78 is 11.2. The highest BCUT2D eigenvalue weighted by Gasteiger charge is 2.34. The molecule has 8 heteroatoms. The molecule has 0 spiro atoms. The molecule has 0 aromatic heterocycles. The third-order valence-electron chi connectivity index (χ3n) is 5.59. The molecule has 3 aromatic rings. The minimum absolute atomic E-state index is 0.0379. The Hall–Kier alpha value is -3.78. The number of Topliss-reactive ketones (excluding diaryl/α,β-unsaturated/α-hetero) is 1. The normalized spacial score (nSPS) is 15.1. The number of thioether (sulfide) groups is 1. The molecule has 2 amide bonds. The molecular formula is C27H26N2O5S. The van der Waals surface area contributed by atoms with Gasteiger partial charge >= 0.3 is 0 Å². The summed E-state index contributed by atoms with van der Waals surface area (Å²) in [6.45, 7) is 3.29. The maximum absolute atomic E-state index is 12.6. The molecule has 0 bridgehead atoms. The van der Waals surface area contributed by atoms with E-state index in [9.17, 15) is 14.4 Å². The Bertz CT molecular complexity index is 1240. The van der Waals surface area contributed by atoms with Crippen LogP contribution >= 0.6 is 11.8 Å². The number of hydrogen-bond acceptors (Lipinski definition) is 6. The van der Waals surface area contributed by atoms with Crippen molar-refractivity contribution in [2.75, 3.05) is 29.7 Å². The fourth-order valence-corrected chi connectivity index (χ4v) is 4.91. The molecule has 1 N–H and O–H groups in total. The number of carbonyl (C=O) groups is 3. The summed E-state index contributed by atoms with van der Waals surface area (Å²) in [5.41, 5.74) is 4.03. The van der Waals surface area contributed by atoms with Gasteiger partial charge in [0.1, 0.15) is 5.37 Å². The van der Waals surface area contributed by atoms with E-state index in [1.807, 2.05) is 43.3 Å². The number of rotatable bonds is 8. The van der Waals surface area contributed by atoms with Crippen molar-refractivity contribution in [2.45, 2.75) is 19.2 Å². The van der Waals surface area contributed by atoms with Gasteiger partial charge in [0.05, 0.1) is 12.9 Å². The molecule has 0 saturated carbocycles. The van der Waals surface area contributed by atoms with E-state index in [0.717, 1.165) is 16.8 Å². The summed E-state index contributed by atoms with van der Waals surface area (Å²) in [5, 5.41) is 2.56. The Morgan fingerprint density at radius 3 is 2.40 bits per heavy atom. The van der Waals surface area contributed by atoms with E-state index in [4.69, 9.17) is 9.47 Å². The number of carbonyl (C=O) groups excluding carboxylic acids is 3. The number of anilines is 2. The van der Waals surface area contributed by atoms with Crippen LogP contribution < -0.4 is 19.7 Å². The molecule has 0 radical (unpaired) electrons.